The van der Waals surface area contributed by atoms with Gasteiger partial charge < -0.3 is 14.7 Å². The fraction of sp³-hybridized carbons (Fsp3) is 0.938. The topological polar surface area (TPSA) is 49.8 Å². The molecule has 20 heavy (non-hydrogen) atoms. The minimum Gasteiger partial charge on any atom is -0.394 e. The van der Waals surface area contributed by atoms with E-state index in [2.05, 4.69) is 13.8 Å². The molecule has 1 amide bonds. The highest BCUT2D eigenvalue weighted by molar-refractivity contribution is 5.83. The summed E-state index contributed by atoms with van der Waals surface area (Å²) in [6.45, 7) is 7.52. The van der Waals surface area contributed by atoms with Crippen LogP contribution in [0.15, 0.2) is 0 Å². The van der Waals surface area contributed by atoms with Gasteiger partial charge in [-0.1, -0.05) is 26.7 Å². The number of rotatable bonds is 4. The van der Waals surface area contributed by atoms with E-state index in [9.17, 15) is 9.90 Å². The number of carbonyl (C=O) groups excluding carboxylic acids is 1. The molecule has 1 heterocycles. The number of nitrogens with zero attached hydrogens (tertiary/aromatic N) is 1. The van der Waals surface area contributed by atoms with E-state index in [0.29, 0.717) is 25.0 Å². The summed E-state index contributed by atoms with van der Waals surface area (Å²) in [5.74, 6) is 0.847. The molecular weight excluding hydrogens is 254 g/mol. The SMILES string of the molecule is CC(C)CC1(C(=O)N2CC(CO)OCC2C)CCCC1. The second-order valence-corrected chi connectivity index (χ2v) is 7.03. The van der Waals surface area contributed by atoms with Gasteiger partial charge in [0.25, 0.3) is 0 Å². The van der Waals surface area contributed by atoms with Gasteiger partial charge in [0.2, 0.25) is 5.91 Å². The monoisotopic (exact) mass is 283 g/mol. The predicted octanol–water partition coefficient (Wildman–Crippen LogP) is 2.20. The molecule has 116 valence electrons. The maximum atomic E-state index is 13.1. The summed E-state index contributed by atoms with van der Waals surface area (Å²) >= 11 is 0. The number of aliphatic hydroxyl groups is 1. The van der Waals surface area contributed by atoms with Crippen molar-refractivity contribution >= 4 is 5.91 Å². The third-order valence-corrected chi connectivity index (χ3v) is 4.78. The first-order chi connectivity index (χ1) is 9.48. The van der Waals surface area contributed by atoms with Crippen LogP contribution in [0.2, 0.25) is 0 Å². The molecule has 1 saturated carbocycles. The molecule has 4 heteroatoms. The Morgan fingerprint density at radius 1 is 1.40 bits per heavy atom. The van der Waals surface area contributed by atoms with E-state index in [1.165, 1.54) is 12.8 Å². The van der Waals surface area contributed by atoms with E-state index in [0.717, 1.165) is 19.3 Å². The number of amides is 1. The van der Waals surface area contributed by atoms with Crippen molar-refractivity contribution in [3.63, 3.8) is 0 Å². The standard InChI is InChI=1S/C16H29NO3/c1-12(2)8-16(6-4-5-7-16)15(19)17-9-14(10-18)20-11-13(17)3/h12-14,18H,4-11H2,1-3H3. The first-order valence-electron chi connectivity index (χ1n) is 8.02. The molecule has 1 aliphatic carbocycles. The van der Waals surface area contributed by atoms with Crippen molar-refractivity contribution in [1.82, 2.24) is 4.90 Å². The molecule has 1 aliphatic heterocycles. The molecule has 1 saturated heterocycles. The van der Waals surface area contributed by atoms with Crippen molar-refractivity contribution in [3.05, 3.63) is 0 Å². The highest BCUT2D eigenvalue weighted by atomic mass is 16.5. The van der Waals surface area contributed by atoms with Crippen LogP contribution in [0, 0.1) is 11.3 Å². The molecule has 0 radical (unpaired) electrons. The Balaban J connectivity index is 2.13. The minimum atomic E-state index is -0.215. The molecule has 2 unspecified atom stereocenters. The van der Waals surface area contributed by atoms with Gasteiger partial charge in [0.05, 0.1) is 25.4 Å². The third kappa shape index (κ3) is 3.17. The van der Waals surface area contributed by atoms with Crippen molar-refractivity contribution in [1.29, 1.82) is 0 Å². The first-order valence-corrected chi connectivity index (χ1v) is 8.02. The second kappa shape index (κ2) is 6.44. The third-order valence-electron chi connectivity index (χ3n) is 4.78. The lowest BCUT2D eigenvalue weighted by molar-refractivity contribution is -0.157. The van der Waals surface area contributed by atoms with E-state index in [4.69, 9.17) is 4.74 Å². The normalized spacial score (nSPS) is 29.9. The van der Waals surface area contributed by atoms with Crippen molar-refractivity contribution in [2.75, 3.05) is 19.8 Å². The van der Waals surface area contributed by atoms with E-state index in [1.54, 1.807) is 0 Å². The first kappa shape index (κ1) is 15.8. The molecule has 4 nitrogen and oxygen atoms in total. The number of hydrogen-bond donors (Lipinski definition) is 1. The van der Waals surface area contributed by atoms with Gasteiger partial charge in [-0.15, -0.1) is 0 Å². The molecule has 2 atom stereocenters. The van der Waals surface area contributed by atoms with Crippen molar-refractivity contribution < 1.29 is 14.6 Å². The maximum Gasteiger partial charge on any atom is 0.229 e. The van der Waals surface area contributed by atoms with Gasteiger partial charge in [0.1, 0.15) is 0 Å². The molecule has 0 spiro atoms. The van der Waals surface area contributed by atoms with Gasteiger partial charge in [-0.25, -0.2) is 0 Å². The Bertz CT molecular complexity index is 337. The van der Waals surface area contributed by atoms with Crippen LogP contribution < -0.4 is 0 Å². The summed E-state index contributed by atoms with van der Waals surface area (Å²) in [6.07, 6.45) is 5.16. The molecule has 2 aliphatic rings. The van der Waals surface area contributed by atoms with Gasteiger partial charge in [0, 0.05) is 12.0 Å². The molecule has 2 fully saturated rings. The van der Waals surface area contributed by atoms with Crippen molar-refractivity contribution in [3.8, 4) is 0 Å². The van der Waals surface area contributed by atoms with Crippen molar-refractivity contribution in [2.24, 2.45) is 11.3 Å². The average Bonchev–Trinajstić information content (AvgIpc) is 2.87. The fourth-order valence-corrected chi connectivity index (χ4v) is 3.85. The predicted molar refractivity (Wildman–Crippen MR) is 78.4 cm³/mol. The van der Waals surface area contributed by atoms with Gasteiger partial charge >= 0.3 is 0 Å². The van der Waals surface area contributed by atoms with Crippen LogP contribution in [0.25, 0.3) is 0 Å². The van der Waals surface area contributed by atoms with Gasteiger partial charge in [-0.2, -0.15) is 0 Å². The fourth-order valence-electron chi connectivity index (χ4n) is 3.85. The lowest BCUT2D eigenvalue weighted by Crippen LogP contribution is -2.56. The molecule has 2 rings (SSSR count). The number of ether oxygens (including phenoxy) is 1. The van der Waals surface area contributed by atoms with E-state index < -0.39 is 0 Å². The van der Waals surface area contributed by atoms with Crippen LogP contribution in [0.3, 0.4) is 0 Å². The summed E-state index contributed by atoms with van der Waals surface area (Å²) in [6, 6.07) is 0.120. The smallest absolute Gasteiger partial charge is 0.229 e. The van der Waals surface area contributed by atoms with Crippen LogP contribution in [0.1, 0.15) is 52.9 Å². The number of hydrogen-bond acceptors (Lipinski definition) is 3. The van der Waals surface area contributed by atoms with Crippen LogP contribution in [0.4, 0.5) is 0 Å². The van der Waals surface area contributed by atoms with Gasteiger partial charge in [-0.05, 0) is 32.1 Å². The van der Waals surface area contributed by atoms with Gasteiger partial charge in [-0.3, -0.25) is 4.79 Å². The summed E-state index contributed by atoms with van der Waals surface area (Å²) in [5.41, 5.74) is -0.153. The van der Waals surface area contributed by atoms with Crippen LogP contribution in [-0.2, 0) is 9.53 Å². The van der Waals surface area contributed by atoms with Crippen LogP contribution >= 0.6 is 0 Å². The Labute approximate surface area is 122 Å². The molecule has 0 aromatic rings. The van der Waals surface area contributed by atoms with E-state index in [1.807, 2.05) is 11.8 Å². The van der Waals surface area contributed by atoms with E-state index >= 15 is 0 Å². The summed E-state index contributed by atoms with van der Waals surface area (Å²) in [5, 5.41) is 9.29. The Morgan fingerprint density at radius 2 is 2.05 bits per heavy atom. The van der Waals surface area contributed by atoms with Crippen molar-refractivity contribution in [2.45, 2.75) is 65.0 Å². The molecule has 0 aromatic heterocycles. The van der Waals surface area contributed by atoms with Gasteiger partial charge in [0.15, 0.2) is 0 Å². The Morgan fingerprint density at radius 3 is 2.60 bits per heavy atom. The van der Waals surface area contributed by atoms with E-state index in [-0.39, 0.29) is 24.2 Å². The lowest BCUT2D eigenvalue weighted by atomic mass is 9.77. The molecule has 1 N–H and O–H groups in total. The average molecular weight is 283 g/mol. The quantitative estimate of drug-likeness (QED) is 0.860. The second-order valence-electron chi connectivity index (χ2n) is 7.03. The maximum absolute atomic E-state index is 13.1. The zero-order valence-electron chi connectivity index (χ0n) is 13.1. The summed E-state index contributed by atoms with van der Waals surface area (Å²) < 4.78 is 5.55. The van der Waals surface area contributed by atoms with Crippen LogP contribution in [-0.4, -0.2) is 47.8 Å². The minimum absolute atomic E-state index is 0.00627. The molecular formula is C16H29NO3. The highest BCUT2D eigenvalue weighted by Crippen LogP contribution is 2.45. The Hall–Kier alpha value is -0.610. The number of aliphatic hydroxyl groups excluding tert-OH is 1. The molecule has 0 bridgehead atoms. The number of carbonyl (C=O) groups is 1. The van der Waals surface area contributed by atoms with Crippen LogP contribution in [0.5, 0.6) is 0 Å². The molecule has 0 aromatic carbocycles. The Kier molecular flexibility index (Phi) is 5.08. The zero-order valence-corrected chi connectivity index (χ0v) is 13.1. The zero-order chi connectivity index (χ0) is 14.8. The number of morpholine rings is 1. The summed E-state index contributed by atoms with van der Waals surface area (Å²) in [4.78, 5) is 15.1. The highest BCUT2D eigenvalue weighted by Gasteiger charge is 2.45. The summed E-state index contributed by atoms with van der Waals surface area (Å²) in [7, 11) is 0. The largest absolute Gasteiger partial charge is 0.394 e. The lowest BCUT2D eigenvalue weighted by Gasteiger charge is -2.43.